The van der Waals surface area contributed by atoms with Crippen LogP contribution in [0.25, 0.3) is 33.9 Å². The van der Waals surface area contributed by atoms with Crippen molar-refractivity contribution in [3.05, 3.63) is 96.5 Å². The van der Waals surface area contributed by atoms with E-state index < -0.39 is 5.95 Å². The predicted octanol–water partition coefficient (Wildman–Crippen LogP) is 5.94. The molecule has 220 valence electrons. The van der Waals surface area contributed by atoms with Crippen molar-refractivity contribution >= 4 is 5.82 Å². The number of aromatic nitrogens is 5. The van der Waals surface area contributed by atoms with Crippen LogP contribution in [0, 0.1) is 17.3 Å². The molecular formula is C34H31FN8O. The fourth-order valence-electron chi connectivity index (χ4n) is 6.06. The molecule has 0 aliphatic carbocycles. The van der Waals surface area contributed by atoms with E-state index in [2.05, 4.69) is 66.1 Å². The molecule has 10 heteroatoms. The number of imidazole rings is 1. The molecule has 0 spiro atoms. The van der Waals surface area contributed by atoms with E-state index in [1.54, 1.807) is 18.3 Å². The second-order valence-electron chi connectivity index (χ2n) is 11.1. The number of nitrogens with zero attached hydrogens (tertiary/aromatic N) is 7. The number of anilines is 1. The SMILES string of the molecule is N#Cc1nccc(NC2CCN(Cc3ccc(-c4nc5n(c4-c4ccccc4)CCCOc4ccnc(F)c4-5)cc3)CC2)n1. The number of halogens is 1. The summed E-state index contributed by atoms with van der Waals surface area (Å²) >= 11 is 0. The van der Waals surface area contributed by atoms with E-state index in [0.717, 1.165) is 61.4 Å². The van der Waals surface area contributed by atoms with Gasteiger partial charge in [0.1, 0.15) is 29.0 Å². The van der Waals surface area contributed by atoms with Crippen LogP contribution >= 0.6 is 0 Å². The number of nitrogens with one attached hydrogen (secondary N) is 1. The Morgan fingerprint density at radius 2 is 1.70 bits per heavy atom. The molecule has 5 aromatic rings. The molecule has 2 aromatic carbocycles. The van der Waals surface area contributed by atoms with Gasteiger partial charge in [-0.1, -0.05) is 54.6 Å². The zero-order valence-electron chi connectivity index (χ0n) is 24.2. The van der Waals surface area contributed by atoms with Crippen molar-refractivity contribution < 1.29 is 9.13 Å². The van der Waals surface area contributed by atoms with Crippen LogP contribution in [0.3, 0.4) is 0 Å². The maximum atomic E-state index is 15.2. The maximum absolute atomic E-state index is 15.2. The molecule has 0 unspecified atom stereocenters. The summed E-state index contributed by atoms with van der Waals surface area (Å²) in [6, 6.07) is 24.5. The molecule has 2 aliphatic rings. The Kier molecular flexibility index (Phi) is 7.69. The van der Waals surface area contributed by atoms with Crippen molar-refractivity contribution in [2.75, 3.05) is 25.0 Å². The zero-order chi connectivity index (χ0) is 29.9. The minimum atomic E-state index is -0.583. The monoisotopic (exact) mass is 586 g/mol. The molecule has 0 saturated carbocycles. The molecular weight excluding hydrogens is 555 g/mol. The van der Waals surface area contributed by atoms with Crippen LogP contribution in [0.2, 0.25) is 0 Å². The average Bonchev–Trinajstić information content (AvgIpc) is 3.41. The van der Waals surface area contributed by atoms with Gasteiger partial charge in [0.15, 0.2) is 0 Å². The van der Waals surface area contributed by atoms with E-state index >= 15 is 4.39 Å². The Hall–Kier alpha value is -5.14. The first kappa shape index (κ1) is 27.7. The second-order valence-corrected chi connectivity index (χ2v) is 11.1. The van der Waals surface area contributed by atoms with Gasteiger partial charge in [0.2, 0.25) is 11.8 Å². The van der Waals surface area contributed by atoms with Crippen LogP contribution in [0.5, 0.6) is 5.75 Å². The van der Waals surface area contributed by atoms with E-state index in [-0.39, 0.29) is 5.82 Å². The van der Waals surface area contributed by atoms with Crippen molar-refractivity contribution in [3.63, 3.8) is 0 Å². The van der Waals surface area contributed by atoms with Crippen LogP contribution < -0.4 is 10.1 Å². The fraction of sp³-hybridized carbons (Fsp3) is 0.265. The van der Waals surface area contributed by atoms with E-state index in [1.165, 1.54) is 11.8 Å². The molecule has 0 atom stereocenters. The first-order valence-corrected chi connectivity index (χ1v) is 14.9. The number of ether oxygens (including phenoxy) is 1. The number of hydrogen-bond donors (Lipinski definition) is 1. The summed E-state index contributed by atoms with van der Waals surface area (Å²) in [4.78, 5) is 19.6. The van der Waals surface area contributed by atoms with Crippen LogP contribution in [0.4, 0.5) is 10.2 Å². The van der Waals surface area contributed by atoms with Gasteiger partial charge in [-0.2, -0.15) is 9.65 Å². The average molecular weight is 587 g/mol. The topological polar surface area (TPSA) is 105 Å². The normalized spacial score (nSPS) is 15.3. The first-order chi connectivity index (χ1) is 21.7. The quantitative estimate of drug-likeness (QED) is 0.244. The molecule has 44 heavy (non-hydrogen) atoms. The summed E-state index contributed by atoms with van der Waals surface area (Å²) in [6.07, 6.45) is 5.79. The predicted molar refractivity (Wildman–Crippen MR) is 165 cm³/mol. The van der Waals surface area contributed by atoms with E-state index in [0.29, 0.717) is 42.1 Å². The van der Waals surface area contributed by atoms with Crippen molar-refractivity contribution in [3.8, 4) is 45.7 Å². The number of benzene rings is 2. The van der Waals surface area contributed by atoms with Gasteiger partial charge in [-0.15, -0.1) is 0 Å². The van der Waals surface area contributed by atoms with Gasteiger partial charge in [0, 0.05) is 55.7 Å². The minimum absolute atomic E-state index is 0.177. The van der Waals surface area contributed by atoms with E-state index in [9.17, 15) is 0 Å². The van der Waals surface area contributed by atoms with E-state index in [1.807, 2.05) is 24.3 Å². The molecule has 1 saturated heterocycles. The van der Waals surface area contributed by atoms with Gasteiger partial charge in [-0.3, -0.25) is 4.90 Å². The smallest absolute Gasteiger partial charge is 0.234 e. The van der Waals surface area contributed by atoms with Gasteiger partial charge in [0.05, 0.1) is 18.0 Å². The highest BCUT2D eigenvalue weighted by Crippen LogP contribution is 2.40. The van der Waals surface area contributed by atoms with Gasteiger partial charge >= 0.3 is 0 Å². The fourth-order valence-corrected chi connectivity index (χ4v) is 6.06. The third kappa shape index (κ3) is 5.62. The molecule has 9 nitrogen and oxygen atoms in total. The highest BCUT2D eigenvalue weighted by molar-refractivity contribution is 5.83. The van der Waals surface area contributed by atoms with Crippen LogP contribution in [-0.2, 0) is 13.1 Å². The maximum Gasteiger partial charge on any atom is 0.234 e. The zero-order valence-corrected chi connectivity index (χ0v) is 24.2. The van der Waals surface area contributed by atoms with E-state index in [4.69, 9.17) is 15.0 Å². The van der Waals surface area contributed by atoms with Crippen molar-refractivity contribution in [1.29, 1.82) is 5.26 Å². The third-order valence-corrected chi connectivity index (χ3v) is 8.22. The van der Waals surface area contributed by atoms with Crippen LogP contribution in [0.15, 0.2) is 79.1 Å². The standard InChI is InChI=1S/C34H31FN8O/c35-33-30-27(11-15-38-33)44-20-4-17-43-32(25-5-2-1-3-6-25)31(41-34(30)43)24-9-7-23(8-10-24)22-42-18-13-26(14-19-42)39-28-12-16-37-29(21-36)40-28/h1-3,5-12,15-16,26H,4,13-14,17-20,22H2,(H,37,39,40). The molecule has 7 rings (SSSR count). The summed E-state index contributed by atoms with van der Waals surface area (Å²) in [7, 11) is 0. The largest absolute Gasteiger partial charge is 0.493 e. The van der Waals surface area contributed by atoms with Crippen molar-refractivity contribution in [2.24, 2.45) is 0 Å². The number of fused-ring (bicyclic) bond motifs is 3. The third-order valence-electron chi connectivity index (χ3n) is 8.22. The van der Waals surface area contributed by atoms with Crippen molar-refractivity contribution in [2.45, 2.75) is 38.4 Å². The van der Waals surface area contributed by atoms with Gasteiger partial charge in [-0.05, 0) is 37.0 Å². The number of rotatable bonds is 6. The molecule has 5 heterocycles. The number of likely N-dealkylation sites (tertiary alicyclic amines) is 1. The first-order valence-electron chi connectivity index (χ1n) is 14.9. The summed E-state index contributed by atoms with van der Waals surface area (Å²) in [6.45, 7) is 3.92. The lowest BCUT2D eigenvalue weighted by Crippen LogP contribution is -2.38. The van der Waals surface area contributed by atoms with Gasteiger partial charge in [0.25, 0.3) is 0 Å². The summed E-state index contributed by atoms with van der Waals surface area (Å²) < 4.78 is 23.2. The summed E-state index contributed by atoms with van der Waals surface area (Å²) in [5.41, 5.74) is 5.30. The molecule has 1 fully saturated rings. The number of pyridine rings is 1. The summed E-state index contributed by atoms with van der Waals surface area (Å²) in [5.74, 6) is 1.29. The lowest BCUT2D eigenvalue weighted by atomic mass is 10.0. The van der Waals surface area contributed by atoms with Crippen LogP contribution in [0.1, 0.15) is 30.7 Å². The van der Waals surface area contributed by atoms with Gasteiger partial charge < -0.3 is 14.6 Å². The Balaban J connectivity index is 1.12. The van der Waals surface area contributed by atoms with Crippen molar-refractivity contribution in [1.82, 2.24) is 29.4 Å². The Morgan fingerprint density at radius 1 is 0.909 bits per heavy atom. The number of hydrogen-bond acceptors (Lipinski definition) is 8. The Morgan fingerprint density at radius 3 is 2.50 bits per heavy atom. The molecule has 2 aliphatic heterocycles. The highest BCUT2D eigenvalue weighted by atomic mass is 19.1. The lowest BCUT2D eigenvalue weighted by Gasteiger charge is -2.32. The number of piperidine rings is 1. The molecule has 0 bridgehead atoms. The molecule has 0 radical (unpaired) electrons. The Bertz CT molecular complexity index is 1810. The number of nitriles is 1. The summed E-state index contributed by atoms with van der Waals surface area (Å²) in [5, 5.41) is 12.5. The van der Waals surface area contributed by atoms with Gasteiger partial charge in [-0.25, -0.2) is 19.9 Å². The molecule has 0 amide bonds. The minimum Gasteiger partial charge on any atom is -0.493 e. The van der Waals surface area contributed by atoms with Crippen LogP contribution in [-0.4, -0.2) is 55.1 Å². The molecule has 3 aromatic heterocycles. The Labute approximate surface area is 255 Å². The highest BCUT2D eigenvalue weighted by Gasteiger charge is 2.27. The second kappa shape index (κ2) is 12.2. The lowest BCUT2D eigenvalue weighted by molar-refractivity contribution is 0.211. The molecule has 1 N–H and O–H groups in total.